The topological polar surface area (TPSA) is 56.6 Å². The van der Waals surface area contributed by atoms with E-state index in [1.54, 1.807) is 0 Å². The number of amides is 1. The maximum absolute atomic E-state index is 13.8. The summed E-state index contributed by atoms with van der Waals surface area (Å²) in [6.45, 7) is 11.6. The second-order valence-corrected chi connectivity index (χ2v) is 11.6. The van der Waals surface area contributed by atoms with Gasteiger partial charge in [-0.1, -0.05) is 66.2 Å². The molecule has 1 aromatic heterocycles. The number of nitrogens with one attached hydrogen (secondary N) is 1. The molecule has 0 saturated carbocycles. The summed E-state index contributed by atoms with van der Waals surface area (Å²) in [5.74, 6) is -0.101. The predicted molar refractivity (Wildman–Crippen MR) is 172 cm³/mol. The molecule has 2 fully saturated rings. The Balaban J connectivity index is 1.19. The summed E-state index contributed by atoms with van der Waals surface area (Å²) in [5, 5.41) is 8.23. The Bertz CT molecular complexity index is 1480. The molecule has 3 aromatic carbocycles. The van der Waals surface area contributed by atoms with Crippen molar-refractivity contribution in [3.05, 3.63) is 95.7 Å². The molecular formula is C35H42N6O. The van der Waals surface area contributed by atoms with E-state index in [9.17, 15) is 4.79 Å². The number of nitrogens with zero attached hydrogens (tertiary/aromatic N) is 5. The molecule has 0 aliphatic carbocycles. The number of para-hydroxylation sites is 1. The van der Waals surface area contributed by atoms with Gasteiger partial charge < -0.3 is 15.1 Å². The van der Waals surface area contributed by atoms with Gasteiger partial charge in [0, 0.05) is 63.6 Å². The normalized spacial score (nSPS) is 16.0. The average molecular weight is 563 g/mol. The van der Waals surface area contributed by atoms with Gasteiger partial charge in [0.05, 0.1) is 17.1 Å². The number of rotatable bonds is 8. The van der Waals surface area contributed by atoms with E-state index in [0.717, 1.165) is 81.3 Å². The highest BCUT2D eigenvalue weighted by molar-refractivity contribution is 6.02. The van der Waals surface area contributed by atoms with E-state index in [0.29, 0.717) is 12.2 Å². The summed E-state index contributed by atoms with van der Waals surface area (Å²) in [6, 6.07) is 27.2. The molecule has 2 saturated heterocycles. The van der Waals surface area contributed by atoms with Crippen LogP contribution in [0, 0.1) is 13.8 Å². The van der Waals surface area contributed by atoms with Crippen LogP contribution in [0.4, 0.5) is 11.4 Å². The van der Waals surface area contributed by atoms with Crippen molar-refractivity contribution in [3.8, 4) is 16.9 Å². The van der Waals surface area contributed by atoms with Gasteiger partial charge in [-0.3, -0.25) is 9.69 Å². The zero-order valence-electron chi connectivity index (χ0n) is 24.9. The van der Waals surface area contributed by atoms with E-state index < -0.39 is 0 Å². The SMILES string of the molecule is Cc1ccc(N2CCN(CCNC(=O)c3nn(-c4ccccc4)c(-c4ccccc4)c3N3CCCCC3)CC2)c(C)c1. The van der Waals surface area contributed by atoms with Gasteiger partial charge in [-0.05, 0) is 56.9 Å². The van der Waals surface area contributed by atoms with Crippen molar-refractivity contribution >= 4 is 17.3 Å². The van der Waals surface area contributed by atoms with E-state index in [4.69, 9.17) is 5.10 Å². The Kier molecular flexibility index (Phi) is 8.56. The molecule has 7 heteroatoms. The number of carbonyl (C=O) groups is 1. The molecule has 1 amide bonds. The zero-order chi connectivity index (χ0) is 28.9. The highest BCUT2D eigenvalue weighted by atomic mass is 16.2. The lowest BCUT2D eigenvalue weighted by Crippen LogP contribution is -2.48. The highest BCUT2D eigenvalue weighted by Crippen LogP contribution is 2.37. The number of benzene rings is 3. The second kappa shape index (κ2) is 12.8. The van der Waals surface area contributed by atoms with E-state index in [-0.39, 0.29) is 5.91 Å². The molecular weight excluding hydrogens is 520 g/mol. The largest absolute Gasteiger partial charge is 0.369 e. The fraction of sp³-hybridized carbons (Fsp3) is 0.371. The van der Waals surface area contributed by atoms with Gasteiger partial charge in [0.25, 0.3) is 5.91 Å². The standard InChI is InChI=1S/C35H42N6O/c1-27-16-17-31(28(2)26-27)39-24-22-38(23-25-39)21-18-36-35(42)32-34(40-19-10-5-11-20-40)33(29-12-6-3-7-13-29)41(37-32)30-14-8-4-9-15-30/h3-4,6-9,12-17,26H,5,10-11,18-25H2,1-2H3,(H,36,42). The molecule has 0 spiro atoms. The summed E-state index contributed by atoms with van der Waals surface area (Å²) in [5.41, 5.74) is 8.44. The number of hydrogen-bond donors (Lipinski definition) is 1. The number of anilines is 2. The molecule has 6 rings (SSSR count). The lowest BCUT2D eigenvalue weighted by molar-refractivity contribution is 0.0942. The van der Waals surface area contributed by atoms with Crippen molar-refractivity contribution in [1.29, 1.82) is 0 Å². The van der Waals surface area contributed by atoms with Gasteiger partial charge in [-0.2, -0.15) is 5.10 Å². The molecule has 2 aliphatic rings. The van der Waals surface area contributed by atoms with Crippen LogP contribution in [0.2, 0.25) is 0 Å². The maximum atomic E-state index is 13.8. The van der Waals surface area contributed by atoms with E-state index in [1.807, 2.05) is 28.9 Å². The van der Waals surface area contributed by atoms with Gasteiger partial charge in [0.1, 0.15) is 0 Å². The van der Waals surface area contributed by atoms with Crippen LogP contribution in [0.1, 0.15) is 40.9 Å². The first-order valence-electron chi connectivity index (χ1n) is 15.4. The van der Waals surface area contributed by atoms with Crippen LogP contribution in [0.15, 0.2) is 78.9 Å². The minimum absolute atomic E-state index is 0.101. The Morgan fingerprint density at radius 2 is 1.48 bits per heavy atom. The number of carbonyl (C=O) groups excluding carboxylic acids is 1. The third kappa shape index (κ3) is 6.07. The number of aromatic nitrogens is 2. The van der Waals surface area contributed by atoms with E-state index >= 15 is 0 Å². The number of piperidine rings is 1. The lowest BCUT2D eigenvalue weighted by Gasteiger charge is -2.37. The molecule has 0 bridgehead atoms. The summed E-state index contributed by atoms with van der Waals surface area (Å²) in [6.07, 6.45) is 3.47. The smallest absolute Gasteiger partial charge is 0.274 e. The Labute approximate surface area is 249 Å². The number of hydrogen-bond acceptors (Lipinski definition) is 5. The van der Waals surface area contributed by atoms with Gasteiger partial charge >= 0.3 is 0 Å². The molecule has 7 nitrogen and oxygen atoms in total. The third-order valence-corrected chi connectivity index (χ3v) is 8.57. The summed E-state index contributed by atoms with van der Waals surface area (Å²) < 4.78 is 1.96. The summed E-state index contributed by atoms with van der Waals surface area (Å²) in [4.78, 5) is 21.1. The van der Waals surface area contributed by atoms with Crippen molar-refractivity contribution in [3.63, 3.8) is 0 Å². The summed E-state index contributed by atoms with van der Waals surface area (Å²) in [7, 11) is 0. The average Bonchev–Trinajstić information content (AvgIpc) is 3.44. The van der Waals surface area contributed by atoms with E-state index in [2.05, 4.69) is 88.5 Å². The third-order valence-electron chi connectivity index (χ3n) is 8.57. The minimum Gasteiger partial charge on any atom is -0.369 e. The molecule has 218 valence electrons. The Morgan fingerprint density at radius 1 is 0.786 bits per heavy atom. The summed E-state index contributed by atoms with van der Waals surface area (Å²) >= 11 is 0. The molecule has 0 atom stereocenters. The first-order valence-corrected chi connectivity index (χ1v) is 15.4. The van der Waals surface area contributed by atoms with Crippen molar-refractivity contribution in [1.82, 2.24) is 20.0 Å². The number of aryl methyl sites for hydroxylation is 2. The second-order valence-electron chi connectivity index (χ2n) is 11.6. The first kappa shape index (κ1) is 28.0. The fourth-order valence-electron chi connectivity index (χ4n) is 6.37. The van der Waals surface area contributed by atoms with Crippen molar-refractivity contribution in [2.75, 3.05) is 62.2 Å². The van der Waals surface area contributed by atoms with Crippen LogP contribution < -0.4 is 15.1 Å². The van der Waals surface area contributed by atoms with Crippen LogP contribution in [0.5, 0.6) is 0 Å². The van der Waals surface area contributed by atoms with Crippen LogP contribution in [-0.4, -0.2) is 72.9 Å². The predicted octanol–water partition coefficient (Wildman–Crippen LogP) is 5.70. The molecule has 1 N–H and O–H groups in total. The number of piperazine rings is 1. The van der Waals surface area contributed by atoms with E-state index in [1.165, 1.54) is 23.2 Å². The molecule has 3 heterocycles. The van der Waals surface area contributed by atoms with Crippen LogP contribution in [-0.2, 0) is 0 Å². The Hall–Kier alpha value is -4.10. The van der Waals surface area contributed by atoms with Crippen LogP contribution in [0.3, 0.4) is 0 Å². The molecule has 0 unspecified atom stereocenters. The van der Waals surface area contributed by atoms with Crippen molar-refractivity contribution in [2.45, 2.75) is 33.1 Å². The minimum atomic E-state index is -0.101. The fourth-order valence-corrected chi connectivity index (χ4v) is 6.37. The quantitative estimate of drug-likeness (QED) is 0.299. The van der Waals surface area contributed by atoms with Crippen molar-refractivity contribution in [2.24, 2.45) is 0 Å². The van der Waals surface area contributed by atoms with Crippen LogP contribution >= 0.6 is 0 Å². The zero-order valence-corrected chi connectivity index (χ0v) is 24.9. The van der Waals surface area contributed by atoms with Crippen molar-refractivity contribution < 1.29 is 4.79 Å². The maximum Gasteiger partial charge on any atom is 0.274 e. The monoisotopic (exact) mass is 562 g/mol. The lowest BCUT2D eigenvalue weighted by atomic mass is 10.1. The van der Waals surface area contributed by atoms with Gasteiger partial charge in [0.2, 0.25) is 0 Å². The van der Waals surface area contributed by atoms with Crippen LogP contribution in [0.25, 0.3) is 16.9 Å². The van der Waals surface area contributed by atoms with Gasteiger partial charge in [-0.25, -0.2) is 4.68 Å². The molecule has 42 heavy (non-hydrogen) atoms. The first-order chi connectivity index (χ1) is 20.6. The molecule has 0 radical (unpaired) electrons. The van der Waals surface area contributed by atoms with Gasteiger partial charge in [0.15, 0.2) is 5.69 Å². The highest BCUT2D eigenvalue weighted by Gasteiger charge is 2.29. The Morgan fingerprint density at radius 3 is 2.17 bits per heavy atom. The molecule has 2 aliphatic heterocycles. The molecule has 4 aromatic rings. The van der Waals surface area contributed by atoms with Gasteiger partial charge in [-0.15, -0.1) is 0 Å².